The number of aliphatic hydroxyl groups excluding tert-OH is 1. The third-order valence-electron chi connectivity index (χ3n) is 2.87. The zero-order valence-electron chi connectivity index (χ0n) is 12.0. The summed E-state index contributed by atoms with van der Waals surface area (Å²) >= 11 is 0. The molecule has 0 aromatic carbocycles. The SMILES string of the molecule is COc1ncccc1CNCC(O)COCc1ccco1. The molecule has 1 atom stereocenters. The summed E-state index contributed by atoms with van der Waals surface area (Å²) in [5.74, 6) is 1.34. The van der Waals surface area contributed by atoms with Crippen molar-refractivity contribution in [3.8, 4) is 5.88 Å². The van der Waals surface area contributed by atoms with Crippen LogP contribution in [0.2, 0.25) is 0 Å². The van der Waals surface area contributed by atoms with Crippen molar-refractivity contribution in [3.63, 3.8) is 0 Å². The molecular weight excluding hydrogens is 272 g/mol. The highest BCUT2D eigenvalue weighted by molar-refractivity contribution is 5.24. The third-order valence-corrected chi connectivity index (χ3v) is 2.87. The van der Waals surface area contributed by atoms with Crippen LogP contribution in [-0.4, -0.2) is 36.5 Å². The molecule has 0 aliphatic carbocycles. The van der Waals surface area contributed by atoms with Crippen LogP contribution in [0.25, 0.3) is 0 Å². The van der Waals surface area contributed by atoms with Crippen LogP contribution in [0.5, 0.6) is 5.88 Å². The first-order chi connectivity index (χ1) is 10.3. The summed E-state index contributed by atoms with van der Waals surface area (Å²) in [4.78, 5) is 4.11. The second-order valence-electron chi connectivity index (χ2n) is 4.55. The number of furan rings is 1. The van der Waals surface area contributed by atoms with Crippen LogP contribution in [0.15, 0.2) is 41.1 Å². The maximum absolute atomic E-state index is 9.82. The van der Waals surface area contributed by atoms with Crippen LogP contribution in [0, 0.1) is 0 Å². The van der Waals surface area contributed by atoms with Gasteiger partial charge in [-0.25, -0.2) is 4.98 Å². The second kappa shape index (κ2) is 8.41. The van der Waals surface area contributed by atoms with Crippen LogP contribution in [-0.2, 0) is 17.9 Å². The molecule has 0 saturated heterocycles. The predicted octanol–water partition coefficient (Wildman–Crippen LogP) is 1.35. The fraction of sp³-hybridized carbons (Fsp3) is 0.400. The van der Waals surface area contributed by atoms with Gasteiger partial charge in [0.05, 0.1) is 26.1 Å². The molecule has 2 heterocycles. The van der Waals surface area contributed by atoms with Gasteiger partial charge in [0.15, 0.2) is 0 Å². The Morgan fingerprint density at radius 2 is 2.29 bits per heavy atom. The van der Waals surface area contributed by atoms with Crippen molar-refractivity contribution >= 4 is 0 Å². The Morgan fingerprint density at radius 3 is 3.05 bits per heavy atom. The lowest BCUT2D eigenvalue weighted by Gasteiger charge is -2.13. The summed E-state index contributed by atoms with van der Waals surface area (Å²) in [5.41, 5.74) is 0.948. The van der Waals surface area contributed by atoms with Gasteiger partial charge >= 0.3 is 0 Å². The average Bonchev–Trinajstić information content (AvgIpc) is 3.01. The lowest BCUT2D eigenvalue weighted by Crippen LogP contribution is -2.30. The molecule has 0 amide bonds. The first-order valence-electron chi connectivity index (χ1n) is 6.76. The summed E-state index contributed by atoms with van der Waals surface area (Å²) < 4.78 is 15.7. The fourth-order valence-corrected chi connectivity index (χ4v) is 1.87. The van der Waals surface area contributed by atoms with Gasteiger partial charge in [0.2, 0.25) is 5.88 Å². The number of methoxy groups -OCH3 is 1. The Morgan fingerprint density at radius 1 is 1.38 bits per heavy atom. The monoisotopic (exact) mass is 292 g/mol. The van der Waals surface area contributed by atoms with Gasteiger partial charge in [-0.15, -0.1) is 0 Å². The van der Waals surface area contributed by atoms with Gasteiger partial charge in [0, 0.05) is 24.8 Å². The van der Waals surface area contributed by atoms with Gasteiger partial charge in [0.1, 0.15) is 12.4 Å². The number of hydrogen-bond donors (Lipinski definition) is 2. The van der Waals surface area contributed by atoms with Gasteiger partial charge in [-0.2, -0.15) is 0 Å². The van der Waals surface area contributed by atoms with E-state index in [1.807, 2.05) is 18.2 Å². The Balaban J connectivity index is 1.63. The smallest absolute Gasteiger partial charge is 0.217 e. The Hall–Kier alpha value is -1.89. The third kappa shape index (κ3) is 5.18. The van der Waals surface area contributed by atoms with Crippen LogP contribution >= 0.6 is 0 Å². The van der Waals surface area contributed by atoms with Gasteiger partial charge in [-0.3, -0.25) is 0 Å². The van der Waals surface area contributed by atoms with Crippen molar-refractivity contribution in [3.05, 3.63) is 48.0 Å². The number of rotatable bonds is 9. The van der Waals surface area contributed by atoms with E-state index in [1.54, 1.807) is 25.6 Å². The number of hydrogen-bond acceptors (Lipinski definition) is 6. The van der Waals surface area contributed by atoms with Crippen LogP contribution < -0.4 is 10.1 Å². The van der Waals surface area contributed by atoms with Crippen molar-refractivity contribution in [1.82, 2.24) is 10.3 Å². The molecule has 2 rings (SSSR count). The molecule has 2 aromatic rings. The van der Waals surface area contributed by atoms with E-state index in [2.05, 4.69) is 10.3 Å². The molecule has 0 radical (unpaired) electrons. The number of aromatic nitrogens is 1. The van der Waals surface area contributed by atoms with Gasteiger partial charge in [-0.1, -0.05) is 6.07 Å². The Labute approximate surface area is 123 Å². The maximum Gasteiger partial charge on any atom is 0.217 e. The lowest BCUT2D eigenvalue weighted by molar-refractivity contribution is 0.0225. The minimum absolute atomic E-state index is 0.248. The van der Waals surface area contributed by atoms with Crippen molar-refractivity contribution in [2.24, 2.45) is 0 Å². The first-order valence-corrected chi connectivity index (χ1v) is 6.76. The highest BCUT2D eigenvalue weighted by Crippen LogP contribution is 2.12. The number of aliphatic hydroxyl groups is 1. The molecule has 6 nitrogen and oxygen atoms in total. The molecule has 0 bridgehead atoms. The number of nitrogens with zero attached hydrogens (tertiary/aromatic N) is 1. The standard InChI is InChI=1S/C15H20N2O4/c1-19-15-12(4-2-6-17-15)8-16-9-13(18)10-20-11-14-5-3-7-21-14/h2-7,13,16,18H,8-11H2,1H3. The van der Waals surface area contributed by atoms with E-state index in [4.69, 9.17) is 13.9 Å². The summed E-state index contributed by atoms with van der Waals surface area (Å²) in [6, 6.07) is 7.42. The minimum Gasteiger partial charge on any atom is -0.481 e. The largest absolute Gasteiger partial charge is 0.481 e. The molecule has 0 aliphatic rings. The summed E-state index contributed by atoms with van der Waals surface area (Å²) in [5, 5.41) is 13.0. The number of nitrogens with one attached hydrogen (secondary N) is 1. The van der Waals surface area contributed by atoms with Crippen molar-refractivity contribution in [2.45, 2.75) is 19.3 Å². The van der Waals surface area contributed by atoms with E-state index < -0.39 is 6.10 Å². The average molecular weight is 292 g/mol. The van der Waals surface area contributed by atoms with Crippen LogP contribution in [0.1, 0.15) is 11.3 Å². The Bertz CT molecular complexity index is 516. The van der Waals surface area contributed by atoms with Gasteiger partial charge in [0.25, 0.3) is 0 Å². The molecule has 21 heavy (non-hydrogen) atoms. The summed E-state index contributed by atoms with van der Waals surface area (Å²) in [7, 11) is 1.59. The summed E-state index contributed by atoms with van der Waals surface area (Å²) in [6.45, 7) is 1.61. The molecular formula is C15H20N2O4. The topological polar surface area (TPSA) is 76.8 Å². The molecule has 0 aliphatic heterocycles. The zero-order valence-corrected chi connectivity index (χ0v) is 12.0. The molecule has 0 spiro atoms. The molecule has 6 heteroatoms. The fourth-order valence-electron chi connectivity index (χ4n) is 1.87. The molecule has 2 aromatic heterocycles. The van der Waals surface area contributed by atoms with E-state index in [-0.39, 0.29) is 6.61 Å². The van der Waals surface area contributed by atoms with E-state index in [1.165, 1.54) is 0 Å². The van der Waals surface area contributed by atoms with E-state index >= 15 is 0 Å². The predicted molar refractivity (Wildman–Crippen MR) is 76.9 cm³/mol. The molecule has 1 unspecified atom stereocenters. The quantitative estimate of drug-likeness (QED) is 0.726. The first kappa shape index (κ1) is 15.5. The van der Waals surface area contributed by atoms with Gasteiger partial charge < -0.3 is 24.3 Å². The van der Waals surface area contributed by atoms with E-state index in [0.29, 0.717) is 25.6 Å². The Kier molecular flexibility index (Phi) is 6.21. The summed E-state index contributed by atoms with van der Waals surface area (Å²) in [6.07, 6.45) is 2.69. The van der Waals surface area contributed by atoms with Crippen molar-refractivity contribution in [1.29, 1.82) is 0 Å². The van der Waals surface area contributed by atoms with E-state index in [0.717, 1.165) is 11.3 Å². The molecule has 114 valence electrons. The van der Waals surface area contributed by atoms with Crippen LogP contribution in [0.3, 0.4) is 0 Å². The van der Waals surface area contributed by atoms with Crippen molar-refractivity contribution < 1.29 is 19.0 Å². The lowest BCUT2D eigenvalue weighted by atomic mass is 10.2. The molecule has 2 N–H and O–H groups in total. The van der Waals surface area contributed by atoms with Crippen LogP contribution in [0.4, 0.5) is 0 Å². The molecule has 0 fully saturated rings. The van der Waals surface area contributed by atoms with Gasteiger partial charge in [-0.05, 0) is 18.2 Å². The van der Waals surface area contributed by atoms with E-state index in [9.17, 15) is 5.11 Å². The maximum atomic E-state index is 9.82. The highest BCUT2D eigenvalue weighted by atomic mass is 16.5. The normalized spacial score (nSPS) is 12.3. The number of ether oxygens (including phenoxy) is 2. The second-order valence-corrected chi connectivity index (χ2v) is 4.55. The highest BCUT2D eigenvalue weighted by Gasteiger charge is 2.07. The molecule has 0 saturated carbocycles. The minimum atomic E-state index is -0.581. The van der Waals surface area contributed by atoms with Crippen molar-refractivity contribution in [2.75, 3.05) is 20.3 Å². The number of pyridine rings is 1. The zero-order chi connectivity index (χ0) is 14.9.